The van der Waals surface area contributed by atoms with Gasteiger partial charge in [-0.25, -0.2) is 9.37 Å². The number of nitrogens with one attached hydrogen (secondary N) is 3. The van der Waals surface area contributed by atoms with Crippen LogP contribution in [0.4, 0.5) is 21.6 Å². The van der Waals surface area contributed by atoms with Crippen molar-refractivity contribution in [2.45, 2.75) is 4.43 Å². The van der Waals surface area contributed by atoms with Gasteiger partial charge in [-0.1, -0.05) is 34.2 Å². The summed E-state index contributed by atoms with van der Waals surface area (Å²) in [5.41, 5.74) is 2.69. The molecule has 182 valence electrons. The van der Waals surface area contributed by atoms with Crippen LogP contribution in [-0.4, -0.2) is 54.3 Å². The molecule has 2 aromatic heterocycles. The lowest BCUT2D eigenvalue weighted by Gasteiger charge is -2.26. The molecule has 35 heavy (non-hydrogen) atoms. The van der Waals surface area contributed by atoms with E-state index in [1.54, 1.807) is 6.20 Å². The van der Waals surface area contributed by atoms with Gasteiger partial charge in [0.25, 0.3) is 5.56 Å². The third kappa shape index (κ3) is 5.23. The Morgan fingerprint density at radius 1 is 1.17 bits per heavy atom. The smallest absolute Gasteiger partial charge is 0.256 e. The Kier molecular flexibility index (Phi) is 7.37. The first-order valence-corrected chi connectivity index (χ1v) is 13.2. The van der Waals surface area contributed by atoms with E-state index in [1.807, 2.05) is 24.3 Å². The highest BCUT2D eigenvalue weighted by Gasteiger charge is 2.16. The van der Waals surface area contributed by atoms with Gasteiger partial charge < -0.3 is 20.4 Å². The number of hydrogen-bond acceptors (Lipinski definition) is 6. The second-order valence-electron chi connectivity index (χ2n) is 8.35. The molecule has 0 amide bonds. The zero-order chi connectivity index (χ0) is 24.4. The number of fused-ring (bicyclic) bond motifs is 3. The molecule has 7 nitrogen and oxygen atoms in total. The molecule has 3 heterocycles. The molecular weight excluding hydrogens is 584 g/mol. The van der Waals surface area contributed by atoms with Crippen molar-refractivity contribution in [3.63, 3.8) is 0 Å². The Hall–Kier alpha value is -2.47. The monoisotopic (exact) mass is 607 g/mol. The molecule has 0 radical (unpaired) electrons. The predicted octanol–water partition coefficient (Wildman–Crippen LogP) is 5.29. The van der Waals surface area contributed by atoms with Crippen molar-refractivity contribution in [1.82, 2.24) is 14.9 Å². The lowest BCUT2D eigenvalue weighted by Crippen LogP contribution is -2.38. The second-order valence-corrected chi connectivity index (χ2v) is 9.52. The van der Waals surface area contributed by atoms with Crippen molar-refractivity contribution in [3.05, 3.63) is 69.4 Å². The fourth-order valence-electron chi connectivity index (χ4n) is 4.34. The van der Waals surface area contributed by atoms with E-state index in [2.05, 4.69) is 43.1 Å². The summed E-state index contributed by atoms with van der Waals surface area (Å²) < 4.78 is 19.9. The van der Waals surface area contributed by atoms with Gasteiger partial charge in [0.1, 0.15) is 11.6 Å². The molecule has 1 fully saturated rings. The van der Waals surface area contributed by atoms with Gasteiger partial charge in [-0.2, -0.15) is 0 Å². The number of alkyl halides is 1. The summed E-state index contributed by atoms with van der Waals surface area (Å²) in [7, 11) is 0. The van der Waals surface area contributed by atoms with E-state index < -0.39 is 5.82 Å². The molecule has 0 aliphatic carbocycles. The molecule has 0 atom stereocenters. The number of hydrogen-bond donors (Lipinski definition) is 3. The predicted molar refractivity (Wildman–Crippen MR) is 148 cm³/mol. The Bertz CT molecular complexity index is 1440. The Balaban J connectivity index is 1.51. The van der Waals surface area contributed by atoms with E-state index in [0.29, 0.717) is 32.2 Å². The van der Waals surface area contributed by atoms with Crippen LogP contribution >= 0.6 is 34.2 Å². The number of rotatable bonds is 7. The standard InChI is InChI=1S/C25H24ClFIN5O2/c26-20-12-16(27)11-15(14-28)23(20)32-24-18-3-4-30-25(34)22(18)19-13-17(1-2-21(19)31-24)29-5-6-33-7-9-35-10-8-33/h1-4,11-13,29H,5-10,14H2,(H,30,34)(H,31,32). The molecule has 0 unspecified atom stereocenters. The molecule has 0 spiro atoms. The quantitative estimate of drug-likeness (QED) is 0.151. The molecule has 0 bridgehead atoms. The van der Waals surface area contributed by atoms with Crippen LogP contribution in [-0.2, 0) is 9.16 Å². The maximum atomic E-state index is 13.9. The minimum Gasteiger partial charge on any atom is -0.384 e. The normalized spacial score (nSPS) is 14.5. The molecule has 4 aromatic rings. The van der Waals surface area contributed by atoms with Gasteiger partial charge in [-0.3, -0.25) is 9.69 Å². The van der Waals surface area contributed by atoms with E-state index in [1.165, 1.54) is 12.1 Å². The number of aromatic amines is 1. The van der Waals surface area contributed by atoms with Gasteiger partial charge in [0.2, 0.25) is 0 Å². The number of nitrogens with zero attached hydrogens (tertiary/aromatic N) is 2. The van der Waals surface area contributed by atoms with Gasteiger partial charge in [0.05, 0.1) is 34.8 Å². The molecule has 1 saturated heterocycles. The fourth-order valence-corrected chi connectivity index (χ4v) is 5.21. The first kappa shape index (κ1) is 24.2. The van der Waals surface area contributed by atoms with Crippen LogP contribution < -0.4 is 16.2 Å². The second kappa shape index (κ2) is 10.7. The summed E-state index contributed by atoms with van der Waals surface area (Å²) >= 11 is 8.53. The number of pyridine rings is 2. The van der Waals surface area contributed by atoms with E-state index in [0.717, 1.165) is 56.0 Å². The summed E-state index contributed by atoms with van der Waals surface area (Å²) in [5.74, 6) is 0.0971. The van der Waals surface area contributed by atoms with Crippen molar-refractivity contribution >= 4 is 73.1 Å². The maximum Gasteiger partial charge on any atom is 0.256 e. The lowest BCUT2D eigenvalue weighted by molar-refractivity contribution is 0.0398. The Morgan fingerprint density at radius 2 is 2.00 bits per heavy atom. The number of halogens is 3. The van der Waals surface area contributed by atoms with Crippen molar-refractivity contribution in [1.29, 1.82) is 0 Å². The first-order chi connectivity index (χ1) is 17.0. The fraction of sp³-hybridized carbons (Fsp3) is 0.280. The highest BCUT2D eigenvalue weighted by Crippen LogP contribution is 2.35. The molecular formula is C25H24ClFIN5O2. The average molecular weight is 608 g/mol. The van der Waals surface area contributed by atoms with Gasteiger partial charge in [0, 0.05) is 53.3 Å². The number of ether oxygens (including phenoxy) is 1. The summed E-state index contributed by atoms with van der Waals surface area (Å²) in [6.07, 6.45) is 1.60. The van der Waals surface area contributed by atoms with Gasteiger partial charge >= 0.3 is 0 Å². The van der Waals surface area contributed by atoms with Crippen molar-refractivity contribution in [2.75, 3.05) is 50.0 Å². The number of benzene rings is 2. The van der Waals surface area contributed by atoms with Crippen LogP contribution in [0.5, 0.6) is 0 Å². The van der Waals surface area contributed by atoms with Crippen LogP contribution in [0.3, 0.4) is 0 Å². The van der Waals surface area contributed by atoms with E-state index in [-0.39, 0.29) is 10.6 Å². The lowest BCUT2D eigenvalue weighted by atomic mass is 10.1. The average Bonchev–Trinajstić information content (AvgIpc) is 2.86. The molecule has 5 rings (SSSR count). The summed E-state index contributed by atoms with van der Waals surface area (Å²) in [6, 6.07) is 10.4. The first-order valence-electron chi connectivity index (χ1n) is 11.3. The zero-order valence-electron chi connectivity index (χ0n) is 18.8. The van der Waals surface area contributed by atoms with Gasteiger partial charge in [-0.15, -0.1) is 0 Å². The highest BCUT2D eigenvalue weighted by atomic mass is 127. The molecule has 10 heteroatoms. The SMILES string of the molecule is O=c1[nH]ccc2c(Nc3c(Cl)cc(F)cc3CI)nc3ccc(NCCN4CCOCC4)cc3c12. The minimum absolute atomic E-state index is 0.206. The highest BCUT2D eigenvalue weighted by molar-refractivity contribution is 14.1. The van der Waals surface area contributed by atoms with Crippen LogP contribution in [0.25, 0.3) is 21.7 Å². The van der Waals surface area contributed by atoms with Crippen molar-refractivity contribution in [2.24, 2.45) is 0 Å². The number of H-pyrrole nitrogens is 1. The van der Waals surface area contributed by atoms with Crippen LogP contribution in [0.1, 0.15) is 5.56 Å². The molecule has 2 aromatic carbocycles. The van der Waals surface area contributed by atoms with Crippen LogP contribution in [0.15, 0.2) is 47.4 Å². The number of anilines is 3. The molecule has 1 aliphatic rings. The summed E-state index contributed by atoms with van der Waals surface area (Å²) in [4.78, 5) is 22.9. The molecule has 1 aliphatic heterocycles. The topological polar surface area (TPSA) is 82.3 Å². The third-order valence-electron chi connectivity index (χ3n) is 6.10. The summed E-state index contributed by atoms with van der Waals surface area (Å²) in [6.45, 7) is 5.13. The maximum absolute atomic E-state index is 13.9. The van der Waals surface area contributed by atoms with Crippen LogP contribution in [0.2, 0.25) is 5.02 Å². The minimum atomic E-state index is -0.395. The van der Waals surface area contributed by atoms with E-state index >= 15 is 0 Å². The third-order valence-corrected chi connectivity index (χ3v) is 7.22. The number of aromatic nitrogens is 2. The van der Waals surface area contributed by atoms with Crippen molar-refractivity contribution in [3.8, 4) is 0 Å². The largest absolute Gasteiger partial charge is 0.384 e. The van der Waals surface area contributed by atoms with E-state index in [4.69, 9.17) is 21.3 Å². The van der Waals surface area contributed by atoms with Gasteiger partial charge in [-0.05, 0) is 42.0 Å². The van der Waals surface area contributed by atoms with Gasteiger partial charge in [0.15, 0.2) is 0 Å². The van der Waals surface area contributed by atoms with Crippen LogP contribution in [0, 0.1) is 5.82 Å². The number of morpholine rings is 1. The summed E-state index contributed by atoms with van der Waals surface area (Å²) in [5, 5.41) is 8.93. The Morgan fingerprint density at radius 3 is 2.80 bits per heavy atom. The molecule has 3 N–H and O–H groups in total. The van der Waals surface area contributed by atoms with Crippen molar-refractivity contribution < 1.29 is 9.13 Å². The Labute approximate surface area is 220 Å². The molecule has 0 saturated carbocycles. The van der Waals surface area contributed by atoms with E-state index in [9.17, 15) is 9.18 Å². The zero-order valence-corrected chi connectivity index (χ0v) is 21.7.